The van der Waals surface area contributed by atoms with Crippen LogP contribution in [0.3, 0.4) is 0 Å². The number of rotatable bonds is 11. The molecule has 7 heteroatoms. The summed E-state index contributed by atoms with van der Waals surface area (Å²) < 4.78 is 24.3. The number of sulfonamides is 1. The molecule has 106 valence electrons. The number of carboxylic acids is 1. The second kappa shape index (κ2) is 13.1. The molecule has 0 aliphatic heterocycles. The summed E-state index contributed by atoms with van der Waals surface area (Å²) in [5.74, 6) is -1.44. The molecule has 19 heavy (non-hydrogen) atoms. The topological polar surface area (TPSA) is 86.3 Å². The molecule has 0 saturated heterocycles. The maximum Gasteiger partial charge on any atom is 1.00 e. The maximum absolute atomic E-state index is 11.2. The van der Waals surface area contributed by atoms with E-state index in [9.17, 15) is 18.3 Å². The Kier molecular flexibility index (Phi) is 14.8. The molecule has 0 radical (unpaired) electrons. The molecule has 5 nitrogen and oxygen atoms in total. The molecular formula is C12H22NNaO4S. The van der Waals surface area contributed by atoms with Gasteiger partial charge in [0.2, 0.25) is 10.0 Å². The first-order valence-corrected chi connectivity index (χ1v) is 7.88. The normalized spacial score (nSPS) is 11.4. The third-order valence-corrected chi connectivity index (χ3v) is 3.51. The van der Waals surface area contributed by atoms with Gasteiger partial charge in [0.1, 0.15) is 0 Å². The Labute approximate surface area is 138 Å². The average molecular weight is 299 g/mol. The average Bonchev–Trinajstić information content (AvgIpc) is 2.30. The predicted octanol–water partition coefficient (Wildman–Crippen LogP) is -2.08. The minimum atomic E-state index is -3.63. The summed E-state index contributed by atoms with van der Waals surface area (Å²) in [6, 6.07) is 0. The van der Waals surface area contributed by atoms with Gasteiger partial charge in [-0.05, 0) is 12.8 Å². The second-order valence-electron chi connectivity index (χ2n) is 4.17. The van der Waals surface area contributed by atoms with Crippen LogP contribution in [0.1, 0.15) is 51.9 Å². The van der Waals surface area contributed by atoms with Crippen LogP contribution < -0.4 is 39.4 Å². The summed E-state index contributed by atoms with van der Waals surface area (Å²) in [6.07, 6.45) is 9.16. The first kappa shape index (κ1) is 21.4. The Hall–Kier alpha value is 0.120. The Balaban J connectivity index is 0. The van der Waals surface area contributed by atoms with Gasteiger partial charge in [0.25, 0.3) is 0 Å². The van der Waals surface area contributed by atoms with Gasteiger partial charge in [-0.15, -0.1) is 0 Å². The van der Waals surface area contributed by atoms with Gasteiger partial charge in [-0.25, -0.2) is 13.1 Å². The molecule has 0 spiro atoms. The van der Waals surface area contributed by atoms with E-state index in [1.165, 1.54) is 25.7 Å². The zero-order chi connectivity index (χ0) is 13.9. The summed E-state index contributed by atoms with van der Waals surface area (Å²) in [6.45, 7) is 1.47. The molecule has 0 amide bonds. The largest absolute Gasteiger partial charge is 1.00 e. The number of carboxylic acid groups (broad SMARTS) is 1. The number of hydrogen-bond acceptors (Lipinski definition) is 4. The molecule has 0 unspecified atom stereocenters. The summed E-state index contributed by atoms with van der Waals surface area (Å²) >= 11 is 0. The van der Waals surface area contributed by atoms with Crippen molar-refractivity contribution in [2.24, 2.45) is 0 Å². The molecule has 0 aromatic heterocycles. The van der Waals surface area contributed by atoms with Gasteiger partial charge in [0.05, 0.1) is 12.5 Å². The molecule has 0 fully saturated rings. The van der Waals surface area contributed by atoms with Crippen molar-refractivity contribution in [3.63, 3.8) is 0 Å². The van der Waals surface area contributed by atoms with Gasteiger partial charge in [-0.3, -0.25) is 0 Å². The fraction of sp³-hybridized carbons (Fsp3) is 0.750. The standard InChI is InChI=1S/C12H23NO4S.Na/c1-2-3-4-5-6-7-8-9-10-18(16,17)13-11-12(14)15;/h9-10,13H,2-8,11H2,1H3,(H,14,15);/q;+1/p-1/b10-9+;. The molecule has 1 N–H and O–H groups in total. The van der Waals surface area contributed by atoms with E-state index in [0.717, 1.165) is 18.2 Å². The number of hydrogen-bond donors (Lipinski definition) is 1. The van der Waals surface area contributed by atoms with Crippen molar-refractivity contribution in [2.75, 3.05) is 6.54 Å². The van der Waals surface area contributed by atoms with E-state index in [-0.39, 0.29) is 29.6 Å². The quantitative estimate of drug-likeness (QED) is 0.351. The number of allylic oxidation sites excluding steroid dienone is 1. The molecule has 0 heterocycles. The molecule has 0 rings (SSSR count). The van der Waals surface area contributed by atoms with Gasteiger partial charge < -0.3 is 9.90 Å². The van der Waals surface area contributed by atoms with Crippen LogP contribution in [-0.4, -0.2) is 20.9 Å². The van der Waals surface area contributed by atoms with E-state index in [1.807, 2.05) is 4.72 Å². The minimum absolute atomic E-state index is 0. The van der Waals surface area contributed by atoms with E-state index in [2.05, 4.69) is 6.92 Å². The SMILES string of the molecule is CCCCCCCC/C=C/S(=O)(=O)NCC(=O)[O-].[Na+]. The Morgan fingerprint density at radius 1 is 1.16 bits per heavy atom. The van der Waals surface area contributed by atoms with Gasteiger partial charge in [-0.2, -0.15) is 0 Å². The smallest absolute Gasteiger partial charge is 0.549 e. The molecule has 0 aliphatic rings. The summed E-state index contributed by atoms with van der Waals surface area (Å²) in [5.41, 5.74) is 0. The van der Waals surface area contributed by atoms with Gasteiger partial charge >= 0.3 is 29.6 Å². The van der Waals surface area contributed by atoms with Crippen LogP contribution in [0.25, 0.3) is 0 Å². The van der Waals surface area contributed by atoms with Crippen LogP contribution in [0.2, 0.25) is 0 Å². The zero-order valence-corrected chi connectivity index (χ0v) is 14.7. The van der Waals surface area contributed by atoms with Crippen LogP contribution >= 0.6 is 0 Å². The molecule has 0 saturated carbocycles. The van der Waals surface area contributed by atoms with E-state index in [0.29, 0.717) is 6.42 Å². The third-order valence-electron chi connectivity index (χ3n) is 2.42. The molecular weight excluding hydrogens is 277 g/mol. The van der Waals surface area contributed by atoms with Crippen LogP contribution in [0.15, 0.2) is 11.5 Å². The van der Waals surface area contributed by atoms with Gasteiger partial charge in [-0.1, -0.05) is 45.1 Å². The third kappa shape index (κ3) is 16.1. The van der Waals surface area contributed by atoms with Crippen LogP contribution in [0.4, 0.5) is 0 Å². The van der Waals surface area contributed by atoms with Crippen molar-refractivity contribution in [3.05, 3.63) is 11.5 Å². The van der Waals surface area contributed by atoms with Gasteiger partial charge in [0.15, 0.2) is 0 Å². The fourth-order valence-corrected chi connectivity index (χ4v) is 2.25. The number of nitrogens with one attached hydrogen (secondary N) is 1. The fourth-order valence-electron chi connectivity index (χ4n) is 1.44. The van der Waals surface area contributed by atoms with E-state index < -0.39 is 22.5 Å². The molecule has 0 atom stereocenters. The van der Waals surface area contributed by atoms with Crippen LogP contribution in [0.5, 0.6) is 0 Å². The van der Waals surface area contributed by atoms with Crippen molar-refractivity contribution in [1.82, 2.24) is 4.72 Å². The number of carbonyl (C=O) groups excluding carboxylic acids is 1. The van der Waals surface area contributed by atoms with Gasteiger partial charge in [0, 0.05) is 5.41 Å². The molecule has 0 aromatic rings. The van der Waals surface area contributed by atoms with Crippen molar-refractivity contribution in [3.8, 4) is 0 Å². The predicted molar refractivity (Wildman–Crippen MR) is 69.1 cm³/mol. The number of unbranched alkanes of at least 4 members (excludes halogenated alkanes) is 6. The van der Waals surface area contributed by atoms with E-state index >= 15 is 0 Å². The monoisotopic (exact) mass is 299 g/mol. The Morgan fingerprint density at radius 3 is 2.32 bits per heavy atom. The molecule has 0 bridgehead atoms. The minimum Gasteiger partial charge on any atom is -0.549 e. The maximum atomic E-state index is 11.2. The van der Waals surface area contributed by atoms with Crippen molar-refractivity contribution < 1.29 is 47.9 Å². The summed E-state index contributed by atoms with van der Waals surface area (Å²) in [4.78, 5) is 10.1. The Bertz CT molecular complexity index is 355. The van der Waals surface area contributed by atoms with Crippen molar-refractivity contribution in [1.29, 1.82) is 0 Å². The Morgan fingerprint density at radius 2 is 1.74 bits per heavy atom. The molecule has 0 aliphatic carbocycles. The van der Waals surface area contributed by atoms with Crippen molar-refractivity contribution in [2.45, 2.75) is 51.9 Å². The van der Waals surface area contributed by atoms with E-state index in [1.54, 1.807) is 6.08 Å². The van der Waals surface area contributed by atoms with Crippen LogP contribution in [-0.2, 0) is 14.8 Å². The number of carbonyl (C=O) groups is 1. The zero-order valence-electron chi connectivity index (χ0n) is 11.9. The summed E-state index contributed by atoms with van der Waals surface area (Å²) in [7, 11) is -3.63. The van der Waals surface area contributed by atoms with E-state index in [4.69, 9.17) is 0 Å². The molecule has 0 aromatic carbocycles. The first-order chi connectivity index (χ1) is 8.48. The first-order valence-electron chi connectivity index (χ1n) is 6.34. The number of aliphatic carboxylic acids is 1. The van der Waals surface area contributed by atoms with Crippen LogP contribution in [0, 0.1) is 0 Å². The van der Waals surface area contributed by atoms with Crippen molar-refractivity contribution >= 4 is 16.0 Å². The summed E-state index contributed by atoms with van der Waals surface area (Å²) in [5, 5.41) is 11.1. The second-order valence-corrected chi connectivity index (χ2v) is 5.82.